The zero-order chi connectivity index (χ0) is 18.5. The average Bonchev–Trinajstić information content (AvgIpc) is 2.52. The van der Waals surface area contributed by atoms with Gasteiger partial charge < -0.3 is 18.9 Å². The van der Waals surface area contributed by atoms with E-state index < -0.39 is 0 Å². The minimum Gasteiger partial charge on any atom is -0.374 e. The summed E-state index contributed by atoms with van der Waals surface area (Å²) in [6.45, 7) is 20.1. The molecule has 24 heavy (non-hydrogen) atoms. The van der Waals surface area contributed by atoms with E-state index in [1.54, 1.807) is 0 Å². The Morgan fingerprint density at radius 3 is 0.875 bits per heavy atom. The predicted molar refractivity (Wildman–Crippen MR) is 108 cm³/mol. The van der Waals surface area contributed by atoms with Crippen molar-refractivity contribution in [1.29, 1.82) is 0 Å². The highest BCUT2D eigenvalue weighted by molar-refractivity contribution is 7.62. The van der Waals surface area contributed by atoms with Gasteiger partial charge in [0.2, 0.25) is 0 Å². The lowest BCUT2D eigenvalue weighted by atomic mass is 10.8. The Balaban J connectivity index is 4.92. The second kappa shape index (κ2) is 14.8. The van der Waals surface area contributed by atoms with Crippen molar-refractivity contribution in [3.05, 3.63) is 0 Å². The van der Waals surface area contributed by atoms with E-state index in [0.29, 0.717) is 0 Å². The summed E-state index contributed by atoms with van der Waals surface area (Å²) in [7, 11) is -0.670. The summed E-state index contributed by atoms with van der Waals surface area (Å²) in [5, 5.41) is 0. The van der Waals surface area contributed by atoms with E-state index in [0.717, 1.165) is 38.8 Å². The van der Waals surface area contributed by atoms with Gasteiger partial charge in [-0.15, -0.1) is 0 Å². The van der Waals surface area contributed by atoms with Crippen molar-refractivity contribution in [1.82, 2.24) is 0 Å². The maximum Gasteiger partial charge on any atom is 0.0762 e. The Labute approximate surface area is 152 Å². The Kier molecular flexibility index (Phi) is 15.3. The van der Waals surface area contributed by atoms with E-state index in [1.807, 2.05) is 0 Å². The first kappa shape index (κ1) is 24.7. The fraction of sp³-hybridized carbons (Fsp3) is 1.00. The molecule has 146 valence electrons. The van der Waals surface area contributed by atoms with Crippen LogP contribution in [0.1, 0.15) is 55.4 Å². The van der Waals surface area contributed by atoms with Crippen LogP contribution in [0.3, 0.4) is 0 Å². The molecule has 0 saturated carbocycles. The van der Waals surface area contributed by atoms with Crippen molar-refractivity contribution in [2.24, 2.45) is 0 Å². The molecule has 0 radical (unpaired) electrons. The Hall–Kier alpha value is 0.700. The van der Waals surface area contributed by atoms with Crippen LogP contribution in [0.4, 0.5) is 0 Å². The summed E-state index contributed by atoms with van der Waals surface area (Å²) in [5.41, 5.74) is 0. The maximum atomic E-state index is 5.91. The van der Waals surface area contributed by atoms with Crippen LogP contribution in [0.5, 0.6) is 0 Å². The monoisotopic (exact) mass is 382 g/mol. The normalized spacial score (nSPS) is 19.5. The van der Waals surface area contributed by atoms with Gasteiger partial charge in [-0.1, -0.05) is 0 Å². The molecule has 4 unspecified atom stereocenters. The maximum absolute atomic E-state index is 5.91. The minimum absolute atomic E-state index is 0.271. The quantitative estimate of drug-likeness (QED) is 0.352. The summed E-state index contributed by atoms with van der Waals surface area (Å²) in [6.07, 6.45) is 2.30. The van der Waals surface area contributed by atoms with E-state index in [-0.39, 0.29) is 39.2 Å². The predicted octanol–water partition coefficient (Wildman–Crippen LogP) is 5.48. The van der Waals surface area contributed by atoms with Crippen LogP contribution >= 0.6 is 15.8 Å². The molecule has 0 amide bonds. The van der Waals surface area contributed by atoms with Crippen LogP contribution in [0.2, 0.25) is 0 Å². The zero-order valence-electron chi connectivity index (χ0n) is 17.1. The Morgan fingerprint density at radius 1 is 0.500 bits per heavy atom. The van der Waals surface area contributed by atoms with Crippen LogP contribution in [-0.2, 0) is 18.9 Å². The van der Waals surface area contributed by atoms with E-state index in [1.165, 1.54) is 0 Å². The van der Waals surface area contributed by atoms with Gasteiger partial charge in [0.15, 0.2) is 0 Å². The molecule has 4 nitrogen and oxygen atoms in total. The number of hydrogen-bond acceptors (Lipinski definition) is 4. The van der Waals surface area contributed by atoms with Gasteiger partial charge in [0, 0.05) is 26.4 Å². The standard InChI is InChI=1S/C18H40O4P2/c1-9-19-15(5)23(16(6)20-10-2)13-14-24(17(7)21-11-3)18(8)22-12-4/h15-18H,9-14H2,1-8H3. The summed E-state index contributed by atoms with van der Waals surface area (Å²) in [5.74, 6) is 1.09. The van der Waals surface area contributed by atoms with Gasteiger partial charge in [0.25, 0.3) is 0 Å². The highest BCUT2D eigenvalue weighted by Gasteiger charge is 2.29. The lowest BCUT2D eigenvalue weighted by Gasteiger charge is -2.34. The van der Waals surface area contributed by atoms with Gasteiger partial charge in [-0.2, -0.15) is 0 Å². The summed E-state index contributed by atoms with van der Waals surface area (Å²) >= 11 is 0. The van der Waals surface area contributed by atoms with Crippen LogP contribution in [0, 0.1) is 0 Å². The van der Waals surface area contributed by atoms with Crippen molar-refractivity contribution in [2.45, 2.75) is 78.8 Å². The molecule has 0 rings (SSSR count). The van der Waals surface area contributed by atoms with Crippen molar-refractivity contribution >= 4 is 15.8 Å². The van der Waals surface area contributed by atoms with E-state index in [2.05, 4.69) is 55.4 Å². The highest BCUT2D eigenvalue weighted by Crippen LogP contribution is 2.53. The van der Waals surface area contributed by atoms with Crippen molar-refractivity contribution in [3.8, 4) is 0 Å². The molecule has 6 heteroatoms. The molecule has 0 aliphatic heterocycles. The lowest BCUT2D eigenvalue weighted by Crippen LogP contribution is -2.23. The molecule has 0 saturated heterocycles. The minimum atomic E-state index is -0.335. The van der Waals surface area contributed by atoms with Crippen LogP contribution in [0.25, 0.3) is 0 Å². The number of hydrogen-bond donors (Lipinski definition) is 0. The highest BCUT2D eigenvalue weighted by atomic mass is 31.1. The molecule has 0 spiro atoms. The third-order valence-electron chi connectivity index (χ3n) is 4.12. The third-order valence-corrected chi connectivity index (χ3v) is 10.3. The van der Waals surface area contributed by atoms with Crippen molar-refractivity contribution in [2.75, 3.05) is 38.8 Å². The average molecular weight is 382 g/mol. The summed E-state index contributed by atoms with van der Waals surface area (Å²) < 4.78 is 23.7. The second-order valence-electron chi connectivity index (χ2n) is 5.69. The van der Waals surface area contributed by atoms with Gasteiger partial charge in [-0.05, 0) is 83.6 Å². The summed E-state index contributed by atoms with van der Waals surface area (Å²) in [6, 6.07) is 0. The first-order chi connectivity index (χ1) is 11.4. The van der Waals surface area contributed by atoms with Gasteiger partial charge in [-0.25, -0.2) is 0 Å². The summed E-state index contributed by atoms with van der Waals surface area (Å²) in [4.78, 5) is 0. The molecular weight excluding hydrogens is 342 g/mol. The van der Waals surface area contributed by atoms with Gasteiger partial charge in [0.05, 0.1) is 23.4 Å². The molecule has 0 aromatic heterocycles. The molecule has 0 fully saturated rings. The molecule has 0 aromatic carbocycles. The molecule has 4 atom stereocenters. The second-order valence-corrected chi connectivity index (χ2v) is 11.6. The largest absolute Gasteiger partial charge is 0.374 e. The topological polar surface area (TPSA) is 36.9 Å². The van der Waals surface area contributed by atoms with Crippen LogP contribution in [0.15, 0.2) is 0 Å². The van der Waals surface area contributed by atoms with Gasteiger partial charge in [0.1, 0.15) is 0 Å². The fourth-order valence-corrected chi connectivity index (χ4v) is 8.74. The van der Waals surface area contributed by atoms with E-state index in [9.17, 15) is 0 Å². The first-order valence-electron chi connectivity index (χ1n) is 9.40. The Morgan fingerprint density at radius 2 is 0.708 bits per heavy atom. The zero-order valence-corrected chi connectivity index (χ0v) is 18.9. The van der Waals surface area contributed by atoms with Crippen LogP contribution < -0.4 is 0 Å². The molecule has 0 heterocycles. The van der Waals surface area contributed by atoms with Crippen molar-refractivity contribution in [3.63, 3.8) is 0 Å². The fourth-order valence-electron chi connectivity index (χ4n) is 2.90. The third kappa shape index (κ3) is 9.41. The molecule has 0 aliphatic rings. The molecule has 0 aromatic rings. The van der Waals surface area contributed by atoms with E-state index >= 15 is 0 Å². The first-order valence-corrected chi connectivity index (χ1v) is 12.7. The molecule has 0 aliphatic carbocycles. The number of rotatable bonds is 15. The smallest absolute Gasteiger partial charge is 0.0762 e. The number of ether oxygens (including phenoxy) is 4. The lowest BCUT2D eigenvalue weighted by molar-refractivity contribution is 0.107. The Bertz CT molecular complexity index is 242. The van der Waals surface area contributed by atoms with Gasteiger partial charge >= 0.3 is 0 Å². The van der Waals surface area contributed by atoms with Crippen molar-refractivity contribution < 1.29 is 18.9 Å². The van der Waals surface area contributed by atoms with E-state index in [4.69, 9.17) is 18.9 Å². The molecule has 0 bridgehead atoms. The van der Waals surface area contributed by atoms with Crippen LogP contribution in [-0.4, -0.2) is 62.1 Å². The van der Waals surface area contributed by atoms with Gasteiger partial charge in [-0.3, -0.25) is 0 Å². The molecule has 0 N–H and O–H groups in total. The molecular formula is C18H40O4P2. The SMILES string of the molecule is CCOC(C)P(CCP(C(C)OCC)C(C)OCC)C(C)OCC.